The molecule has 2 N–H and O–H groups in total. The van der Waals surface area contributed by atoms with E-state index in [2.05, 4.69) is 11.8 Å². The number of carbonyl (C=O) groups is 1. The Morgan fingerprint density at radius 2 is 2.00 bits per heavy atom. The van der Waals surface area contributed by atoms with Gasteiger partial charge in [0.1, 0.15) is 0 Å². The third kappa shape index (κ3) is 4.30. The van der Waals surface area contributed by atoms with Crippen molar-refractivity contribution in [2.75, 3.05) is 13.1 Å². The Labute approximate surface area is 105 Å². The molecule has 1 atom stereocenters. The van der Waals surface area contributed by atoms with Gasteiger partial charge >= 0.3 is 0 Å². The van der Waals surface area contributed by atoms with Crippen LogP contribution in [0.1, 0.15) is 51.9 Å². The molecular formula is C14H26N2O. The van der Waals surface area contributed by atoms with Crippen molar-refractivity contribution in [1.29, 1.82) is 0 Å². The molecule has 0 bridgehead atoms. The molecule has 0 aromatic carbocycles. The van der Waals surface area contributed by atoms with Crippen LogP contribution in [-0.2, 0) is 4.79 Å². The Hall–Kier alpha value is -0.570. The van der Waals surface area contributed by atoms with Gasteiger partial charge in [-0.3, -0.25) is 4.79 Å². The van der Waals surface area contributed by atoms with Crippen molar-refractivity contribution in [1.82, 2.24) is 4.90 Å². The van der Waals surface area contributed by atoms with E-state index in [1.165, 1.54) is 25.7 Å². The molecule has 1 unspecified atom stereocenters. The van der Waals surface area contributed by atoms with Crippen LogP contribution in [-0.4, -0.2) is 29.9 Å². The minimum absolute atomic E-state index is 0.392. The average molecular weight is 238 g/mol. The van der Waals surface area contributed by atoms with E-state index in [9.17, 15) is 4.79 Å². The smallest absolute Gasteiger partial charge is 0.222 e. The zero-order chi connectivity index (χ0) is 12.3. The first-order chi connectivity index (χ1) is 8.20. The second-order valence-corrected chi connectivity index (χ2v) is 5.94. The number of hydrogen-bond acceptors (Lipinski definition) is 2. The molecular weight excluding hydrogens is 212 g/mol. The Bertz CT molecular complexity index is 259. The highest BCUT2D eigenvalue weighted by Gasteiger charge is 2.36. The summed E-state index contributed by atoms with van der Waals surface area (Å²) in [6.45, 7) is 3.97. The Morgan fingerprint density at radius 3 is 2.53 bits per heavy atom. The third-order valence-electron chi connectivity index (χ3n) is 3.97. The number of amides is 1. The number of carbonyl (C=O) groups excluding carboxylic acids is 1. The van der Waals surface area contributed by atoms with Crippen molar-refractivity contribution in [3.8, 4) is 0 Å². The van der Waals surface area contributed by atoms with E-state index >= 15 is 0 Å². The van der Waals surface area contributed by atoms with Gasteiger partial charge in [0.05, 0.1) is 0 Å². The lowest BCUT2D eigenvalue weighted by Crippen LogP contribution is -2.35. The minimum atomic E-state index is 0.392. The summed E-state index contributed by atoms with van der Waals surface area (Å²) in [4.78, 5) is 14.4. The molecule has 17 heavy (non-hydrogen) atoms. The van der Waals surface area contributed by atoms with Crippen LogP contribution in [0.5, 0.6) is 0 Å². The first kappa shape index (κ1) is 12.9. The van der Waals surface area contributed by atoms with Crippen LogP contribution >= 0.6 is 0 Å². The summed E-state index contributed by atoms with van der Waals surface area (Å²) in [5, 5.41) is 0. The molecule has 2 aliphatic rings. The highest BCUT2D eigenvalue weighted by molar-refractivity contribution is 5.76. The first-order valence-electron chi connectivity index (χ1n) is 7.20. The molecule has 3 heteroatoms. The molecule has 2 rings (SSSR count). The van der Waals surface area contributed by atoms with Gasteiger partial charge in [0.15, 0.2) is 0 Å². The molecule has 0 saturated heterocycles. The van der Waals surface area contributed by atoms with Crippen LogP contribution in [0.2, 0.25) is 0 Å². The molecule has 1 amide bonds. The lowest BCUT2D eigenvalue weighted by atomic mass is 10.0. The summed E-state index contributed by atoms with van der Waals surface area (Å²) in [5.41, 5.74) is 5.53. The highest BCUT2D eigenvalue weighted by Crippen LogP contribution is 2.35. The van der Waals surface area contributed by atoms with Gasteiger partial charge in [0.2, 0.25) is 5.91 Å². The van der Waals surface area contributed by atoms with E-state index in [0.717, 1.165) is 38.3 Å². The van der Waals surface area contributed by atoms with E-state index in [1.54, 1.807) is 0 Å². The standard InChI is InChI=1S/C14H26N2O/c1-11(8-9-15)2-7-14(17)16(13-5-6-13)10-12-3-4-12/h11-13H,2-10,15H2,1H3. The second kappa shape index (κ2) is 5.85. The summed E-state index contributed by atoms with van der Waals surface area (Å²) in [7, 11) is 0. The summed E-state index contributed by atoms with van der Waals surface area (Å²) in [5.74, 6) is 1.80. The van der Waals surface area contributed by atoms with Gasteiger partial charge < -0.3 is 10.6 Å². The van der Waals surface area contributed by atoms with Gasteiger partial charge in [-0.1, -0.05) is 6.92 Å². The Balaban J connectivity index is 1.71. The summed E-state index contributed by atoms with van der Waals surface area (Å²) >= 11 is 0. The van der Waals surface area contributed by atoms with Crippen molar-refractivity contribution in [2.45, 2.75) is 57.9 Å². The molecule has 0 aromatic rings. The molecule has 0 aromatic heterocycles. The summed E-state index contributed by atoms with van der Waals surface area (Å²) < 4.78 is 0. The molecule has 0 heterocycles. The lowest BCUT2D eigenvalue weighted by molar-refractivity contribution is -0.132. The SMILES string of the molecule is CC(CCN)CCC(=O)N(CC1CC1)C1CC1. The minimum Gasteiger partial charge on any atom is -0.339 e. The number of nitrogens with two attached hydrogens (primary N) is 1. The van der Waals surface area contributed by atoms with Gasteiger partial charge in [-0.15, -0.1) is 0 Å². The maximum absolute atomic E-state index is 12.2. The molecule has 0 aliphatic heterocycles. The molecule has 2 fully saturated rings. The van der Waals surface area contributed by atoms with Crippen LogP contribution in [0.25, 0.3) is 0 Å². The molecule has 98 valence electrons. The number of nitrogens with zero attached hydrogens (tertiary/aromatic N) is 1. The lowest BCUT2D eigenvalue weighted by Gasteiger charge is -2.23. The van der Waals surface area contributed by atoms with Crippen LogP contribution < -0.4 is 5.73 Å². The summed E-state index contributed by atoms with van der Waals surface area (Å²) in [6.07, 6.45) is 7.90. The Morgan fingerprint density at radius 1 is 1.29 bits per heavy atom. The van der Waals surface area contributed by atoms with E-state index in [-0.39, 0.29) is 0 Å². The number of rotatable bonds is 8. The van der Waals surface area contributed by atoms with Gasteiger partial charge in [0.25, 0.3) is 0 Å². The van der Waals surface area contributed by atoms with Crippen molar-refractivity contribution in [3.05, 3.63) is 0 Å². The molecule has 3 nitrogen and oxygen atoms in total. The van der Waals surface area contributed by atoms with Gasteiger partial charge in [-0.2, -0.15) is 0 Å². The number of hydrogen-bond donors (Lipinski definition) is 1. The summed E-state index contributed by atoms with van der Waals surface area (Å²) in [6, 6.07) is 0.591. The fourth-order valence-electron chi connectivity index (χ4n) is 2.36. The van der Waals surface area contributed by atoms with Crippen LogP contribution in [0.15, 0.2) is 0 Å². The first-order valence-corrected chi connectivity index (χ1v) is 7.20. The van der Waals surface area contributed by atoms with Crippen molar-refractivity contribution in [3.63, 3.8) is 0 Å². The largest absolute Gasteiger partial charge is 0.339 e. The van der Waals surface area contributed by atoms with Gasteiger partial charge in [-0.05, 0) is 56.9 Å². The topological polar surface area (TPSA) is 46.3 Å². The second-order valence-electron chi connectivity index (χ2n) is 5.94. The van der Waals surface area contributed by atoms with Crippen molar-refractivity contribution >= 4 is 5.91 Å². The third-order valence-corrected chi connectivity index (χ3v) is 3.97. The van der Waals surface area contributed by atoms with Crippen LogP contribution in [0, 0.1) is 11.8 Å². The van der Waals surface area contributed by atoms with E-state index < -0.39 is 0 Å². The zero-order valence-electron chi connectivity index (χ0n) is 11.0. The fraction of sp³-hybridized carbons (Fsp3) is 0.929. The van der Waals surface area contributed by atoms with Crippen molar-refractivity contribution in [2.24, 2.45) is 17.6 Å². The van der Waals surface area contributed by atoms with Crippen molar-refractivity contribution < 1.29 is 4.79 Å². The molecule has 2 aliphatic carbocycles. The molecule has 2 saturated carbocycles. The highest BCUT2D eigenvalue weighted by atomic mass is 16.2. The maximum Gasteiger partial charge on any atom is 0.222 e. The normalized spacial score (nSPS) is 21.3. The Kier molecular flexibility index (Phi) is 4.43. The van der Waals surface area contributed by atoms with Gasteiger partial charge in [0, 0.05) is 19.0 Å². The predicted molar refractivity (Wildman–Crippen MR) is 69.5 cm³/mol. The predicted octanol–water partition coefficient (Wildman–Crippen LogP) is 2.15. The monoisotopic (exact) mass is 238 g/mol. The van der Waals surface area contributed by atoms with Crippen LogP contribution in [0.4, 0.5) is 0 Å². The molecule has 0 spiro atoms. The van der Waals surface area contributed by atoms with E-state index in [4.69, 9.17) is 5.73 Å². The van der Waals surface area contributed by atoms with E-state index in [1.807, 2.05) is 0 Å². The fourth-order valence-corrected chi connectivity index (χ4v) is 2.36. The zero-order valence-corrected chi connectivity index (χ0v) is 11.0. The maximum atomic E-state index is 12.2. The quantitative estimate of drug-likeness (QED) is 0.704. The average Bonchev–Trinajstić information content (AvgIpc) is 3.15. The van der Waals surface area contributed by atoms with Crippen LogP contribution in [0.3, 0.4) is 0 Å². The molecule has 0 radical (unpaired) electrons. The van der Waals surface area contributed by atoms with Gasteiger partial charge in [-0.25, -0.2) is 0 Å². The van der Waals surface area contributed by atoms with E-state index in [0.29, 0.717) is 17.9 Å².